The summed E-state index contributed by atoms with van der Waals surface area (Å²) in [4.78, 5) is 23.4. The van der Waals surface area contributed by atoms with E-state index in [4.69, 9.17) is 5.73 Å². The highest BCUT2D eigenvalue weighted by molar-refractivity contribution is 5.95. The van der Waals surface area contributed by atoms with E-state index in [-0.39, 0.29) is 12.0 Å². The number of nitrogens with one attached hydrogen (secondary N) is 1. The molecule has 124 valence electrons. The van der Waals surface area contributed by atoms with Crippen LogP contribution in [0.1, 0.15) is 11.1 Å². The maximum atomic E-state index is 13.5. The van der Waals surface area contributed by atoms with Gasteiger partial charge in [0, 0.05) is 18.1 Å². The molecule has 0 fully saturated rings. The van der Waals surface area contributed by atoms with Gasteiger partial charge in [-0.25, -0.2) is 8.78 Å². The van der Waals surface area contributed by atoms with Gasteiger partial charge in [-0.2, -0.15) is 0 Å². The molecule has 0 heterocycles. The monoisotopic (exact) mass is 330 g/mol. The lowest BCUT2D eigenvalue weighted by Gasteiger charge is -2.14. The minimum absolute atomic E-state index is 0.226. The van der Waals surface area contributed by atoms with Gasteiger partial charge in [0.15, 0.2) is 0 Å². The summed E-state index contributed by atoms with van der Waals surface area (Å²) in [7, 11) is 0. The van der Waals surface area contributed by atoms with Gasteiger partial charge in [0.1, 0.15) is 17.7 Å². The van der Waals surface area contributed by atoms with Crippen LogP contribution in [0.25, 0.3) is 6.08 Å². The van der Waals surface area contributed by atoms with Gasteiger partial charge in [-0.05, 0) is 23.8 Å². The maximum Gasteiger partial charge on any atom is 0.244 e. The van der Waals surface area contributed by atoms with Gasteiger partial charge >= 0.3 is 0 Å². The zero-order valence-electron chi connectivity index (χ0n) is 12.7. The summed E-state index contributed by atoms with van der Waals surface area (Å²) >= 11 is 0. The number of nitrogens with two attached hydrogens (primary N) is 1. The van der Waals surface area contributed by atoms with Gasteiger partial charge in [-0.1, -0.05) is 36.4 Å². The van der Waals surface area contributed by atoms with Gasteiger partial charge in [0.05, 0.1) is 0 Å². The van der Waals surface area contributed by atoms with Crippen LogP contribution in [0.4, 0.5) is 8.78 Å². The summed E-state index contributed by atoms with van der Waals surface area (Å²) in [5, 5.41) is 2.43. The number of carbonyl (C=O) groups excluding carboxylic acids is 2. The van der Waals surface area contributed by atoms with Crippen molar-refractivity contribution in [1.29, 1.82) is 0 Å². The van der Waals surface area contributed by atoms with E-state index in [0.717, 1.165) is 29.8 Å². The topological polar surface area (TPSA) is 72.2 Å². The predicted molar refractivity (Wildman–Crippen MR) is 86.7 cm³/mol. The Balaban J connectivity index is 2.06. The second-order valence-corrected chi connectivity index (χ2v) is 5.12. The summed E-state index contributed by atoms with van der Waals surface area (Å²) in [6.45, 7) is 0. The van der Waals surface area contributed by atoms with Crippen LogP contribution in [0.5, 0.6) is 0 Å². The van der Waals surface area contributed by atoms with Gasteiger partial charge in [-0.3, -0.25) is 9.59 Å². The second kappa shape index (κ2) is 8.01. The molecule has 1 atom stereocenters. The van der Waals surface area contributed by atoms with Gasteiger partial charge < -0.3 is 11.1 Å². The lowest BCUT2D eigenvalue weighted by Crippen LogP contribution is -2.45. The molecule has 0 radical (unpaired) electrons. The van der Waals surface area contributed by atoms with Crippen molar-refractivity contribution in [2.24, 2.45) is 5.73 Å². The molecule has 2 aromatic carbocycles. The van der Waals surface area contributed by atoms with Crippen molar-refractivity contribution in [3.63, 3.8) is 0 Å². The van der Waals surface area contributed by atoms with Gasteiger partial charge in [0.25, 0.3) is 0 Å². The minimum atomic E-state index is -0.921. The van der Waals surface area contributed by atoms with E-state index in [1.54, 1.807) is 24.3 Å². The van der Waals surface area contributed by atoms with Crippen LogP contribution in [0.2, 0.25) is 0 Å². The largest absolute Gasteiger partial charge is 0.368 e. The van der Waals surface area contributed by atoms with Crippen molar-refractivity contribution < 1.29 is 18.4 Å². The third kappa shape index (κ3) is 4.74. The first kappa shape index (κ1) is 17.3. The Morgan fingerprint density at radius 1 is 1.04 bits per heavy atom. The molecule has 0 saturated heterocycles. The predicted octanol–water partition coefficient (Wildman–Crippen LogP) is 2.19. The van der Waals surface area contributed by atoms with E-state index in [1.807, 2.05) is 6.07 Å². The number of primary amides is 1. The maximum absolute atomic E-state index is 13.5. The lowest BCUT2D eigenvalue weighted by molar-refractivity contribution is -0.124. The molecule has 0 bridgehead atoms. The Bertz CT molecular complexity index is 741. The fourth-order valence-corrected chi connectivity index (χ4v) is 2.12. The van der Waals surface area contributed by atoms with Crippen LogP contribution < -0.4 is 11.1 Å². The Morgan fingerprint density at radius 2 is 1.67 bits per heavy atom. The van der Waals surface area contributed by atoms with Crippen LogP contribution in [0, 0.1) is 11.6 Å². The average Bonchev–Trinajstić information content (AvgIpc) is 2.54. The number of hydrogen-bond acceptors (Lipinski definition) is 2. The summed E-state index contributed by atoms with van der Waals surface area (Å²) in [5.74, 6) is -2.93. The molecule has 2 amide bonds. The molecule has 0 aromatic heterocycles. The molecule has 0 aliphatic carbocycles. The van der Waals surface area contributed by atoms with E-state index < -0.39 is 29.5 Å². The van der Waals surface area contributed by atoms with Crippen LogP contribution in [-0.2, 0) is 16.0 Å². The van der Waals surface area contributed by atoms with E-state index >= 15 is 0 Å². The number of rotatable bonds is 6. The first-order valence-corrected chi connectivity index (χ1v) is 7.23. The number of hydrogen-bond donors (Lipinski definition) is 2. The molecule has 0 unspecified atom stereocenters. The molecule has 0 spiro atoms. The number of amides is 2. The van der Waals surface area contributed by atoms with E-state index in [0.29, 0.717) is 0 Å². The Hall–Kier alpha value is -3.02. The Labute approximate surface area is 138 Å². The quantitative estimate of drug-likeness (QED) is 0.797. The molecule has 0 saturated carbocycles. The van der Waals surface area contributed by atoms with Crippen LogP contribution in [0.15, 0.2) is 54.6 Å². The van der Waals surface area contributed by atoms with Gasteiger partial charge in [0.2, 0.25) is 11.8 Å². The number of carbonyl (C=O) groups is 2. The average molecular weight is 330 g/mol. The van der Waals surface area contributed by atoms with Crippen molar-refractivity contribution in [1.82, 2.24) is 5.32 Å². The van der Waals surface area contributed by atoms with Crippen LogP contribution >= 0.6 is 0 Å². The highest BCUT2D eigenvalue weighted by atomic mass is 19.1. The van der Waals surface area contributed by atoms with Gasteiger partial charge in [-0.15, -0.1) is 0 Å². The SMILES string of the molecule is NC(=O)[C@@H](Cc1ccccc1)NC(=O)/C=C\c1c(F)cccc1F. The first-order valence-electron chi connectivity index (χ1n) is 7.23. The van der Waals surface area contributed by atoms with E-state index in [1.165, 1.54) is 6.07 Å². The molecule has 2 rings (SSSR count). The highest BCUT2D eigenvalue weighted by Gasteiger charge is 2.17. The lowest BCUT2D eigenvalue weighted by atomic mass is 10.1. The third-order valence-corrected chi connectivity index (χ3v) is 3.34. The summed E-state index contributed by atoms with van der Waals surface area (Å²) in [5.41, 5.74) is 5.79. The van der Waals surface area contributed by atoms with Crippen LogP contribution in [-0.4, -0.2) is 17.9 Å². The first-order chi connectivity index (χ1) is 11.5. The fraction of sp³-hybridized carbons (Fsp3) is 0.111. The molecule has 0 aliphatic rings. The standard InChI is InChI=1S/C18H16F2N2O2/c19-14-7-4-8-15(20)13(14)9-10-17(23)22-16(18(21)24)11-12-5-2-1-3-6-12/h1-10,16H,11H2,(H2,21,24)(H,22,23)/b10-9-/t16-/m1/s1. The van der Waals surface area contributed by atoms with Crippen molar-refractivity contribution in [3.05, 3.63) is 77.4 Å². The van der Waals surface area contributed by atoms with Crippen LogP contribution in [0.3, 0.4) is 0 Å². The molecule has 3 N–H and O–H groups in total. The zero-order valence-corrected chi connectivity index (χ0v) is 12.7. The summed E-state index contributed by atoms with van der Waals surface area (Å²) in [6.07, 6.45) is 2.20. The Kier molecular flexibility index (Phi) is 5.78. The summed E-state index contributed by atoms with van der Waals surface area (Å²) in [6, 6.07) is 11.5. The van der Waals surface area contributed by atoms with E-state index in [9.17, 15) is 18.4 Å². The summed E-state index contributed by atoms with van der Waals surface area (Å²) < 4.78 is 27.0. The normalized spacial score (nSPS) is 12.1. The van der Waals surface area contributed by atoms with Crippen molar-refractivity contribution in [2.75, 3.05) is 0 Å². The third-order valence-electron chi connectivity index (χ3n) is 3.34. The molecular formula is C18H16F2N2O2. The minimum Gasteiger partial charge on any atom is -0.368 e. The van der Waals surface area contributed by atoms with E-state index in [2.05, 4.69) is 5.32 Å². The molecule has 4 nitrogen and oxygen atoms in total. The number of benzene rings is 2. The fourth-order valence-electron chi connectivity index (χ4n) is 2.12. The van der Waals surface area contributed by atoms with Crippen molar-refractivity contribution in [3.8, 4) is 0 Å². The molecule has 0 aliphatic heterocycles. The highest BCUT2D eigenvalue weighted by Crippen LogP contribution is 2.13. The Morgan fingerprint density at radius 3 is 2.25 bits per heavy atom. The van der Waals surface area contributed by atoms with Crippen molar-refractivity contribution in [2.45, 2.75) is 12.5 Å². The zero-order chi connectivity index (χ0) is 17.5. The molecular weight excluding hydrogens is 314 g/mol. The molecule has 6 heteroatoms. The molecule has 24 heavy (non-hydrogen) atoms. The second-order valence-electron chi connectivity index (χ2n) is 5.12. The smallest absolute Gasteiger partial charge is 0.244 e. The molecule has 2 aromatic rings. The van der Waals surface area contributed by atoms with Crippen molar-refractivity contribution >= 4 is 17.9 Å². The number of halogens is 2.